The Morgan fingerprint density at radius 3 is 1.89 bits per heavy atom. The Balaban J connectivity index is 0. The second-order valence-electron chi connectivity index (χ2n) is 2.83. The number of carboxylic acid groups (broad SMARTS) is 2. The van der Waals surface area contributed by atoms with Crippen LogP contribution >= 0.6 is 11.3 Å². The molecule has 0 atom stereocenters. The molecule has 0 saturated carbocycles. The summed E-state index contributed by atoms with van der Waals surface area (Å²) in [6.45, 7) is 0. The van der Waals surface area contributed by atoms with Crippen molar-refractivity contribution in [1.82, 2.24) is 4.98 Å². The molecule has 0 aliphatic rings. The first-order valence-corrected chi connectivity index (χ1v) is 5.40. The molecule has 1 aromatic heterocycles. The van der Waals surface area contributed by atoms with Gasteiger partial charge in [0.05, 0.1) is 17.4 Å². The van der Waals surface area contributed by atoms with E-state index >= 15 is 0 Å². The molecule has 2 N–H and O–H groups in total. The predicted octanol–water partition coefficient (Wildman–Crippen LogP) is -1.65. The van der Waals surface area contributed by atoms with E-state index < -0.39 is 11.9 Å². The maximum absolute atomic E-state index is 10.3. The fourth-order valence-corrected chi connectivity index (χ4v) is 1.30. The van der Waals surface area contributed by atoms with Crippen LogP contribution < -0.4 is 10.2 Å². The van der Waals surface area contributed by atoms with Gasteiger partial charge in [0.15, 0.2) is 0 Å². The first-order chi connectivity index (χ1) is 8.11. The maximum atomic E-state index is 10.3. The molecule has 0 spiro atoms. The normalized spacial score (nSPS) is 8.00. The largest absolute Gasteiger partial charge is 2.00 e. The van der Waals surface area contributed by atoms with E-state index in [0.29, 0.717) is 0 Å². The Morgan fingerprint density at radius 1 is 1.11 bits per heavy atom. The summed E-state index contributed by atoms with van der Waals surface area (Å²) < 4.78 is 0. The molecular weight excluding hydrogens is 282 g/mol. The summed E-state index contributed by atoms with van der Waals surface area (Å²) >= 11 is 1.60. The standard InChI is InChI=1S/C8H6O4.C3H3NS.Mg.H2O/c9-7(10)5-2-1-3-6(4-5)8(11)12;1-2-5-3-4-1;;/h1-4H,(H,9,10)(H,11,12);1-3H;;1H2/q;;+2;/p-2. The minimum atomic E-state index is -1.40. The SMILES string of the molecule is O.O=C([O-])c1cccc(C(=O)[O-])c1.[Mg+2].c1cscn1. The van der Waals surface area contributed by atoms with E-state index in [4.69, 9.17) is 0 Å². The summed E-state index contributed by atoms with van der Waals surface area (Å²) in [6, 6.07) is 4.81. The van der Waals surface area contributed by atoms with E-state index in [1.165, 1.54) is 18.2 Å². The van der Waals surface area contributed by atoms with Gasteiger partial charge in [-0.3, -0.25) is 4.98 Å². The summed E-state index contributed by atoms with van der Waals surface area (Å²) in [7, 11) is 0. The topological polar surface area (TPSA) is 125 Å². The third-order valence-corrected chi connectivity index (χ3v) is 2.20. The van der Waals surface area contributed by atoms with Crippen molar-refractivity contribution in [3.63, 3.8) is 0 Å². The molecule has 0 saturated heterocycles. The van der Waals surface area contributed by atoms with Crippen LogP contribution in [0.2, 0.25) is 0 Å². The average molecular weight is 292 g/mol. The molecule has 6 nitrogen and oxygen atoms in total. The van der Waals surface area contributed by atoms with E-state index in [2.05, 4.69) is 4.98 Å². The summed E-state index contributed by atoms with van der Waals surface area (Å²) in [5, 5.41) is 22.4. The molecule has 1 heterocycles. The van der Waals surface area contributed by atoms with Gasteiger partial charge in [-0.15, -0.1) is 11.3 Å². The molecule has 0 aliphatic heterocycles. The Morgan fingerprint density at radius 2 is 1.63 bits per heavy atom. The first kappa shape index (κ1) is 19.8. The van der Waals surface area contributed by atoms with Gasteiger partial charge in [-0.05, 0) is 17.2 Å². The number of rotatable bonds is 2. The van der Waals surface area contributed by atoms with E-state index in [1.54, 1.807) is 23.0 Å². The molecule has 0 amide bonds. The zero-order valence-corrected chi connectivity index (χ0v) is 12.0. The monoisotopic (exact) mass is 291 g/mol. The van der Waals surface area contributed by atoms with Gasteiger partial charge in [-0.25, -0.2) is 0 Å². The van der Waals surface area contributed by atoms with Crippen molar-refractivity contribution in [1.29, 1.82) is 0 Å². The minimum absolute atomic E-state index is 0. The predicted molar refractivity (Wildman–Crippen MR) is 66.6 cm³/mol. The van der Waals surface area contributed by atoms with Crippen molar-refractivity contribution in [2.45, 2.75) is 0 Å². The van der Waals surface area contributed by atoms with Crippen LogP contribution in [-0.4, -0.2) is 45.5 Å². The Bertz CT molecular complexity index is 457. The van der Waals surface area contributed by atoms with Crippen molar-refractivity contribution in [2.75, 3.05) is 0 Å². The van der Waals surface area contributed by atoms with E-state index in [1.807, 2.05) is 5.38 Å². The number of aromatic carboxylic acids is 2. The third kappa shape index (κ3) is 7.52. The maximum Gasteiger partial charge on any atom is 2.00 e. The zero-order valence-electron chi connectivity index (χ0n) is 9.74. The van der Waals surface area contributed by atoms with Crippen LogP contribution in [0, 0.1) is 0 Å². The fourth-order valence-electron chi connectivity index (χ4n) is 0.949. The molecular formula is C11H9MgNO5S. The van der Waals surface area contributed by atoms with Gasteiger partial charge in [0, 0.05) is 11.6 Å². The second kappa shape index (κ2) is 10.4. The Hall–Kier alpha value is -1.48. The molecule has 2 rings (SSSR count). The van der Waals surface area contributed by atoms with Crippen LogP contribution in [0.25, 0.3) is 0 Å². The molecule has 0 radical (unpaired) electrons. The molecule has 1 aromatic carbocycles. The number of nitrogens with zero attached hydrogens (tertiary/aromatic N) is 1. The van der Waals surface area contributed by atoms with Crippen LogP contribution in [0.3, 0.4) is 0 Å². The third-order valence-electron chi connectivity index (χ3n) is 1.68. The van der Waals surface area contributed by atoms with Gasteiger partial charge < -0.3 is 25.3 Å². The number of carbonyl (C=O) groups is 2. The Labute approximate surface area is 129 Å². The van der Waals surface area contributed by atoms with Crippen LogP contribution in [0.1, 0.15) is 20.7 Å². The summed E-state index contributed by atoms with van der Waals surface area (Å²) in [5.74, 6) is -2.81. The molecule has 96 valence electrons. The molecule has 2 aromatic rings. The number of carbonyl (C=O) groups excluding carboxylic acids is 2. The summed E-state index contributed by atoms with van der Waals surface area (Å²) in [6.07, 6.45) is 1.77. The smallest absolute Gasteiger partial charge is 0.545 e. The number of benzene rings is 1. The molecule has 0 aliphatic carbocycles. The van der Waals surface area contributed by atoms with Crippen LogP contribution in [-0.2, 0) is 0 Å². The van der Waals surface area contributed by atoms with Crippen LogP contribution in [0.15, 0.2) is 41.4 Å². The van der Waals surface area contributed by atoms with Crippen LogP contribution in [0.5, 0.6) is 0 Å². The minimum Gasteiger partial charge on any atom is -0.545 e. The van der Waals surface area contributed by atoms with E-state index in [0.717, 1.165) is 6.07 Å². The van der Waals surface area contributed by atoms with Crippen molar-refractivity contribution in [2.24, 2.45) is 0 Å². The van der Waals surface area contributed by atoms with E-state index in [-0.39, 0.29) is 39.7 Å². The van der Waals surface area contributed by atoms with Gasteiger partial charge in [0.2, 0.25) is 0 Å². The summed E-state index contributed by atoms with van der Waals surface area (Å²) in [4.78, 5) is 24.2. The first-order valence-electron chi connectivity index (χ1n) is 4.46. The van der Waals surface area contributed by atoms with Crippen LogP contribution in [0.4, 0.5) is 0 Å². The number of hydrogen-bond donors (Lipinski definition) is 0. The Kier molecular flexibility index (Phi) is 10.9. The average Bonchev–Trinajstić information content (AvgIpc) is 2.87. The van der Waals surface area contributed by atoms with Crippen molar-refractivity contribution >= 4 is 46.3 Å². The zero-order chi connectivity index (χ0) is 12.7. The number of aromatic nitrogens is 1. The van der Waals surface area contributed by atoms with Gasteiger partial charge in [-0.2, -0.15) is 0 Å². The van der Waals surface area contributed by atoms with Crippen molar-refractivity contribution in [3.8, 4) is 0 Å². The fraction of sp³-hybridized carbons (Fsp3) is 0. The molecule has 8 heteroatoms. The van der Waals surface area contributed by atoms with E-state index in [9.17, 15) is 19.8 Å². The molecule has 0 bridgehead atoms. The molecule has 0 unspecified atom stereocenters. The number of carboxylic acids is 2. The van der Waals surface area contributed by atoms with Gasteiger partial charge >= 0.3 is 23.1 Å². The van der Waals surface area contributed by atoms with Gasteiger partial charge in [-0.1, -0.05) is 18.2 Å². The molecule has 19 heavy (non-hydrogen) atoms. The number of thiazole rings is 1. The van der Waals surface area contributed by atoms with Gasteiger partial charge in [0.25, 0.3) is 0 Å². The quantitative estimate of drug-likeness (QED) is 0.613. The second-order valence-corrected chi connectivity index (χ2v) is 3.59. The number of hydrogen-bond acceptors (Lipinski definition) is 6. The molecule has 0 fully saturated rings. The summed E-state index contributed by atoms with van der Waals surface area (Å²) in [5.41, 5.74) is 1.45. The van der Waals surface area contributed by atoms with Crippen molar-refractivity contribution < 1.29 is 25.3 Å². The van der Waals surface area contributed by atoms with Gasteiger partial charge in [0.1, 0.15) is 0 Å². The van der Waals surface area contributed by atoms with Crippen molar-refractivity contribution in [3.05, 3.63) is 52.5 Å².